The SMILES string of the molecule is CC1(c2ccc(Oc3ccc(C4(C)NC(=O)NC4=O)cc3)cc2)NC(=O)NC1=O. The van der Waals surface area contributed by atoms with Crippen molar-refractivity contribution in [1.29, 1.82) is 0 Å². The van der Waals surface area contributed by atoms with Crippen molar-refractivity contribution in [2.24, 2.45) is 0 Å². The fourth-order valence-corrected chi connectivity index (χ4v) is 3.34. The Morgan fingerprint density at radius 1 is 0.621 bits per heavy atom. The van der Waals surface area contributed by atoms with Crippen molar-refractivity contribution in [3.63, 3.8) is 0 Å². The van der Waals surface area contributed by atoms with Crippen LogP contribution < -0.4 is 26.0 Å². The third-order valence-corrected chi connectivity index (χ3v) is 5.19. The highest BCUT2D eigenvalue weighted by Gasteiger charge is 2.44. The number of carbonyl (C=O) groups is 4. The van der Waals surface area contributed by atoms with Crippen LogP contribution in [0.5, 0.6) is 11.5 Å². The minimum absolute atomic E-state index is 0.414. The molecule has 2 aliphatic rings. The molecule has 2 heterocycles. The van der Waals surface area contributed by atoms with E-state index >= 15 is 0 Å². The number of amides is 6. The van der Waals surface area contributed by atoms with E-state index in [0.717, 1.165) is 0 Å². The maximum atomic E-state index is 12.0. The van der Waals surface area contributed by atoms with Crippen LogP contribution in [0.25, 0.3) is 0 Å². The molecule has 4 rings (SSSR count). The molecule has 0 spiro atoms. The van der Waals surface area contributed by atoms with Crippen LogP contribution in [0.4, 0.5) is 9.59 Å². The van der Waals surface area contributed by atoms with Gasteiger partial charge in [0.2, 0.25) is 0 Å². The molecule has 0 bridgehead atoms. The summed E-state index contributed by atoms with van der Waals surface area (Å²) in [7, 11) is 0. The van der Waals surface area contributed by atoms with E-state index in [0.29, 0.717) is 22.6 Å². The van der Waals surface area contributed by atoms with Gasteiger partial charge >= 0.3 is 12.1 Å². The zero-order valence-corrected chi connectivity index (χ0v) is 15.7. The lowest BCUT2D eigenvalue weighted by Crippen LogP contribution is -2.40. The quantitative estimate of drug-likeness (QED) is 0.586. The zero-order chi connectivity index (χ0) is 20.8. The fraction of sp³-hybridized carbons (Fsp3) is 0.200. The van der Waals surface area contributed by atoms with Gasteiger partial charge in [-0.05, 0) is 49.2 Å². The Labute approximate surface area is 165 Å². The first-order chi connectivity index (χ1) is 13.7. The lowest BCUT2D eigenvalue weighted by Gasteiger charge is -2.22. The Morgan fingerprint density at radius 3 is 1.24 bits per heavy atom. The molecule has 4 N–H and O–H groups in total. The van der Waals surface area contributed by atoms with Gasteiger partial charge in [-0.15, -0.1) is 0 Å². The highest BCUT2D eigenvalue weighted by Crippen LogP contribution is 2.30. The van der Waals surface area contributed by atoms with Gasteiger partial charge in [-0.25, -0.2) is 9.59 Å². The van der Waals surface area contributed by atoms with Gasteiger partial charge < -0.3 is 15.4 Å². The molecule has 2 atom stereocenters. The lowest BCUT2D eigenvalue weighted by atomic mass is 9.92. The van der Waals surface area contributed by atoms with E-state index in [1.165, 1.54) is 0 Å². The van der Waals surface area contributed by atoms with Crippen molar-refractivity contribution >= 4 is 23.9 Å². The summed E-state index contributed by atoms with van der Waals surface area (Å²) in [6.45, 7) is 3.25. The van der Waals surface area contributed by atoms with E-state index in [9.17, 15) is 19.2 Å². The molecule has 6 amide bonds. The second-order valence-electron chi connectivity index (χ2n) is 7.22. The van der Waals surface area contributed by atoms with E-state index in [4.69, 9.17) is 4.74 Å². The smallest absolute Gasteiger partial charge is 0.322 e. The van der Waals surface area contributed by atoms with Crippen LogP contribution in [0.2, 0.25) is 0 Å². The highest BCUT2D eigenvalue weighted by atomic mass is 16.5. The molecular weight excluding hydrogens is 376 g/mol. The van der Waals surface area contributed by atoms with Crippen molar-refractivity contribution in [1.82, 2.24) is 21.3 Å². The maximum Gasteiger partial charge on any atom is 0.322 e. The van der Waals surface area contributed by atoms with Crippen molar-refractivity contribution in [2.75, 3.05) is 0 Å². The summed E-state index contributed by atoms with van der Waals surface area (Å²) in [6.07, 6.45) is 0. The Kier molecular flexibility index (Phi) is 4.04. The van der Waals surface area contributed by atoms with Crippen LogP contribution in [-0.4, -0.2) is 23.9 Å². The lowest BCUT2D eigenvalue weighted by molar-refractivity contribution is -0.124. The first-order valence-corrected chi connectivity index (χ1v) is 8.87. The van der Waals surface area contributed by atoms with Gasteiger partial charge in [0.15, 0.2) is 0 Å². The van der Waals surface area contributed by atoms with Gasteiger partial charge in [-0.2, -0.15) is 0 Å². The van der Waals surface area contributed by atoms with E-state index in [1.807, 2.05) is 0 Å². The number of urea groups is 2. The third kappa shape index (κ3) is 3.06. The van der Waals surface area contributed by atoms with E-state index in [2.05, 4.69) is 21.3 Å². The highest BCUT2D eigenvalue weighted by molar-refractivity contribution is 6.07. The third-order valence-electron chi connectivity index (χ3n) is 5.19. The number of hydrogen-bond donors (Lipinski definition) is 4. The van der Waals surface area contributed by atoms with Crippen molar-refractivity contribution in [3.05, 3.63) is 59.7 Å². The first-order valence-electron chi connectivity index (χ1n) is 8.87. The predicted octanol–water partition coefficient (Wildman–Crippen LogP) is 1.59. The van der Waals surface area contributed by atoms with Gasteiger partial charge in [-0.3, -0.25) is 20.2 Å². The summed E-state index contributed by atoms with van der Waals surface area (Å²) in [6, 6.07) is 12.5. The van der Waals surface area contributed by atoms with Crippen LogP contribution >= 0.6 is 0 Å². The number of nitrogens with one attached hydrogen (secondary N) is 4. The average molecular weight is 394 g/mol. The molecule has 2 aromatic carbocycles. The Bertz CT molecular complexity index is 950. The molecule has 0 aliphatic carbocycles. The minimum atomic E-state index is -1.13. The van der Waals surface area contributed by atoms with Gasteiger partial charge in [0.1, 0.15) is 22.6 Å². The molecule has 9 heteroatoms. The maximum absolute atomic E-state index is 12.0. The average Bonchev–Trinajstić information content (AvgIpc) is 3.10. The van der Waals surface area contributed by atoms with E-state index in [-0.39, 0.29) is 0 Å². The molecule has 2 aromatic rings. The largest absolute Gasteiger partial charge is 0.457 e. The van der Waals surface area contributed by atoms with Gasteiger partial charge in [0.25, 0.3) is 11.8 Å². The fourth-order valence-electron chi connectivity index (χ4n) is 3.34. The second-order valence-corrected chi connectivity index (χ2v) is 7.22. The summed E-state index contributed by atoms with van der Waals surface area (Å²) in [5.41, 5.74) is -1.00. The van der Waals surface area contributed by atoms with Crippen LogP contribution in [0.3, 0.4) is 0 Å². The van der Waals surface area contributed by atoms with Crippen LogP contribution in [-0.2, 0) is 20.7 Å². The zero-order valence-electron chi connectivity index (χ0n) is 15.7. The molecule has 0 saturated carbocycles. The molecule has 2 unspecified atom stereocenters. The van der Waals surface area contributed by atoms with E-state index in [1.54, 1.807) is 62.4 Å². The Morgan fingerprint density at radius 2 is 0.966 bits per heavy atom. The molecule has 2 saturated heterocycles. The Balaban J connectivity index is 1.49. The molecule has 148 valence electrons. The summed E-state index contributed by atoms with van der Waals surface area (Å²) < 4.78 is 5.80. The summed E-state index contributed by atoms with van der Waals surface area (Å²) in [5.74, 6) is 0.243. The van der Waals surface area contributed by atoms with E-state index < -0.39 is 35.0 Å². The molecule has 9 nitrogen and oxygen atoms in total. The number of hydrogen-bond acceptors (Lipinski definition) is 5. The number of ether oxygens (including phenoxy) is 1. The van der Waals surface area contributed by atoms with Crippen molar-refractivity contribution in [3.8, 4) is 11.5 Å². The van der Waals surface area contributed by atoms with Crippen LogP contribution in [0.1, 0.15) is 25.0 Å². The standard InChI is InChI=1S/C20H18N4O5/c1-19(15(25)21-17(27)23-19)11-3-7-13(8-4-11)29-14-9-5-12(6-10-14)20(2)16(26)22-18(28)24-20/h3-10H,1-2H3,(H2,21,23,25,27)(H2,22,24,26,28). The van der Waals surface area contributed by atoms with Crippen molar-refractivity contribution < 1.29 is 23.9 Å². The first kappa shape index (κ1) is 18.5. The molecule has 0 radical (unpaired) electrons. The topological polar surface area (TPSA) is 126 Å². The summed E-state index contributed by atoms with van der Waals surface area (Å²) in [4.78, 5) is 46.9. The Hall–Kier alpha value is -3.88. The van der Waals surface area contributed by atoms with Gasteiger partial charge in [0, 0.05) is 0 Å². The number of benzene rings is 2. The van der Waals surface area contributed by atoms with Crippen LogP contribution in [0.15, 0.2) is 48.5 Å². The van der Waals surface area contributed by atoms with Gasteiger partial charge in [0.05, 0.1) is 0 Å². The predicted molar refractivity (Wildman–Crippen MR) is 101 cm³/mol. The number of rotatable bonds is 4. The number of carbonyl (C=O) groups excluding carboxylic acids is 4. The molecule has 0 aromatic heterocycles. The number of imide groups is 2. The summed E-state index contributed by atoms with van der Waals surface area (Å²) >= 11 is 0. The summed E-state index contributed by atoms with van der Waals surface area (Å²) in [5, 5.41) is 9.66. The molecule has 29 heavy (non-hydrogen) atoms. The second kappa shape index (κ2) is 6.33. The van der Waals surface area contributed by atoms with Gasteiger partial charge in [-0.1, -0.05) is 24.3 Å². The van der Waals surface area contributed by atoms with Crippen LogP contribution in [0, 0.1) is 0 Å². The minimum Gasteiger partial charge on any atom is -0.457 e. The molecule has 2 aliphatic heterocycles. The normalized spacial score (nSPS) is 25.9. The monoisotopic (exact) mass is 394 g/mol. The van der Waals surface area contributed by atoms with Crippen molar-refractivity contribution in [2.45, 2.75) is 24.9 Å². The molecule has 2 fully saturated rings. The molecular formula is C20H18N4O5.